The van der Waals surface area contributed by atoms with Crippen LogP contribution in [0.1, 0.15) is 36.7 Å². The lowest BCUT2D eigenvalue weighted by Crippen LogP contribution is -2.23. The van der Waals surface area contributed by atoms with Gasteiger partial charge >= 0.3 is 0 Å². The third kappa shape index (κ3) is 3.84. The lowest BCUT2D eigenvalue weighted by atomic mass is 9.98. The van der Waals surface area contributed by atoms with Crippen molar-refractivity contribution in [2.24, 2.45) is 0 Å². The van der Waals surface area contributed by atoms with Crippen molar-refractivity contribution in [2.45, 2.75) is 33.6 Å². The summed E-state index contributed by atoms with van der Waals surface area (Å²) in [6.45, 7) is 8.18. The summed E-state index contributed by atoms with van der Waals surface area (Å²) in [5.41, 5.74) is 3.10. The van der Waals surface area contributed by atoms with E-state index < -0.39 is 0 Å². The van der Waals surface area contributed by atoms with Gasteiger partial charge in [0.2, 0.25) is 5.91 Å². The Morgan fingerprint density at radius 1 is 1.33 bits per heavy atom. The Morgan fingerprint density at radius 2 is 2.10 bits per heavy atom. The minimum absolute atomic E-state index is 0.105. The van der Waals surface area contributed by atoms with E-state index >= 15 is 0 Å². The number of carbonyl (C=O) groups excluding carboxylic acids is 1. The van der Waals surface area contributed by atoms with Crippen LogP contribution in [0, 0.1) is 13.8 Å². The molecule has 1 aromatic heterocycles. The summed E-state index contributed by atoms with van der Waals surface area (Å²) in [4.78, 5) is 12.1. The normalized spacial score (nSPS) is 10.7. The van der Waals surface area contributed by atoms with Gasteiger partial charge in [0.1, 0.15) is 5.76 Å². The van der Waals surface area contributed by atoms with Gasteiger partial charge in [0.15, 0.2) is 5.82 Å². The smallest absolute Gasteiger partial charge is 0.243 e. The monoisotopic (exact) mass is 287 g/mol. The lowest BCUT2D eigenvalue weighted by molar-refractivity contribution is -0.114. The lowest BCUT2D eigenvalue weighted by Gasteiger charge is -2.16. The molecule has 0 aliphatic rings. The van der Waals surface area contributed by atoms with Crippen LogP contribution >= 0.6 is 0 Å². The van der Waals surface area contributed by atoms with E-state index in [0.29, 0.717) is 17.5 Å². The van der Waals surface area contributed by atoms with Crippen LogP contribution in [0.5, 0.6) is 0 Å². The predicted octanol–water partition coefficient (Wildman–Crippen LogP) is 3.47. The van der Waals surface area contributed by atoms with Gasteiger partial charge in [-0.25, -0.2) is 0 Å². The molecule has 2 aromatic rings. The van der Waals surface area contributed by atoms with Crippen LogP contribution in [-0.2, 0) is 4.79 Å². The number of anilines is 2. The molecular formula is C16H21N3O2. The number of hydrogen-bond acceptors (Lipinski definition) is 4. The third-order valence-electron chi connectivity index (χ3n) is 3.25. The van der Waals surface area contributed by atoms with E-state index in [1.807, 2.05) is 25.1 Å². The second-order valence-electron chi connectivity index (χ2n) is 5.42. The maximum Gasteiger partial charge on any atom is 0.243 e. The number of aromatic nitrogens is 1. The minimum Gasteiger partial charge on any atom is -0.360 e. The van der Waals surface area contributed by atoms with Crippen LogP contribution in [0.4, 0.5) is 11.5 Å². The van der Waals surface area contributed by atoms with Gasteiger partial charge in [-0.05, 0) is 30.9 Å². The fraction of sp³-hybridized carbons (Fsp3) is 0.375. The Hall–Kier alpha value is -2.30. The van der Waals surface area contributed by atoms with E-state index in [-0.39, 0.29) is 12.5 Å². The molecule has 112 valence electrons. The second kappa shape index (κ2) is 6.43. The predicted molar refractivity (Wildman–Crippen MR) is 83.6 cm³/mol. The van der Waals surface area contributed by atoms with Crippen molar-refractivity contribution in [3.8, 4) is 0 Å². The molecule has 0 aliphatic heterocycles. The number of carbonyl (C=O) groups is 1. The topological polar surface area (TPSA) is 67.2 Å². The molecule has 5 heteroatoms. The Kier molecular flexibility index (Phi) is 4.62. The van der Waals surface area contributed by atoms with Crippen LogP contribution in [-0.4, -0.2) is 17.6 Å². The maximum atomic E-state index is 12.1. The maximum absolute atomic E-state index is 12.1. The summed E-state index contributed by atoms with van der Waals surface area (Å²) < 4.78 is 4.94. The summed E-state index contributed by atoms with van der Waals surface area (Å²) in [5, 5.41) is 9.71. The third-order valence-corrected chi connectivity index (χ3v) is 3.25. The largest absolute Gasteiger partial charge is 0.360 e. The van der Waals surface area contributed by atoms with Crippen LogP contribution in [0.3, 0.4) is 0 Å². The molecule has 2 N–H and O–H groups in total. The molecule has 2 rings (SSSR count). The molecule has 0 saturated carbocycles. The van der Waals surface area contributed by atoms with Gasteiger partial charge in [-0.3, -0.25) is 4.79 Å². The van der Waals surface area contributed by atoms with Crippen LogP contribution in [0.2, 0.25) is 0 Å². The Morgan fingerprint density at radius 3 is 2.71 bits per heavy atom. The van der Waals surface area contributed by atoms with Crippen molar-refractivity contribution in [3.63, 3.8) is 0 Å². The van der Waals surface area contributed by atoms with Crippen molar-refractivity contribution in [1.29, 1.82) is 0 Å². The van der Waals surface area contributed by atoms with E-state index in [9.17, 15) is 4.79 Å². The standard InChI is InChI=1S/C16H21N3O2/c1-10(2)13-7-5-6-11(3)16(13)18-15(20)9-17-14-8-12(4)21-19-14/h5-8,10H,9H2,1-4H3,(H,17,19)(H,18,20). The molecular weight excluding hydrogens is 266 g/mol. The van der Waals surface area contributed by atoms with Crippen LogP contribution in [0.25, 0.3) is 0 Å². The highest BCUT2D eigenvalue weighted by atomic mass is 16.5. The summed E-state index contributed by atoms with van der Waals surface area (Å²) in [6.07, 6.45) is 0. The first-order valence-electron chi connectivity index (χ1n) is 7.04. The Labute approximate surface area is 124 Å². The number of rotatable bonds is 5. The highest BCUT2D eigenvalue weighted by Crippen LogP contribution is 2.27. The Bertz CT molecular complexity index is 632. The van der Waals surface area contributed by atoms with E-state index in [1.165, 1.54) is 0 Å². The average molecular weight is 287 g/mol. The van der Waals surface area contributed by atoms with Gasteiger partial charge in [0, 0.05) is 11.8 Å². The van der Waals surface area contributed by atoms with Crippen molar-refractivity contribution in [3.05, 3.63) is 41.2 Å². The van der Waals surface area contributed by atoms with E-state index in [1.54, 1.807) is 13.0 Å². The molecule has 21 heavy (non-hydrogen) atoms. The van der Waals surface area contributed by atoms with Gasteiger partial charge in [-0.2, -0.15) is 0 Å². The van der Waals surface area contributed by atoms with Crippen molar-refractivity contribution in [2.75, 3.05) is 17.2 Å². The molecule has 0 unspecified atom stereocenters. The van der Waals surface area contributed by atoms with Gasteiger partial charge in [0.05, 0.1) is 6.54 Å². The number of para-hydroxylation sites is 1. The van der Waals surface area contributed by atoms with E-state index in [4.69, 9.17) is 4.52 Å². The zero-order chi connectivity index (χ0) is 15.4. The highest BCUT2D eigenvalue weighted by Gasteiger charge is 2.12. The zero-order valence-electron chi connectivity index (χ0n) is 12.9. The quantitative estimate of drug-likeness (QED) is 0.883. The first kappa shape index (κ1) is 15.1. The number of aryl methyl sites for hydroxylation is 2. The number of amides is 1. The number of benzene rings is 1. The number of nitrogens with zero attached hydrogens (tertiary/aromatic N) is 1. The first-order chi connectivity index (χ1) is 9.97. The van der Waals surface area contributed by atoms with Gasteiger partial charge in [-0.15, -0.1) is 0 Å². The SMILES string of the molecule is Cc1cc(NCC(=O)Nc2c(C)cccc2C(C)C)no1. The average Bonchev–Trinajstić information content (AvgIpc) is 2.84. The molecule has 0 aliphatic carbocycles. The molecule has 0 radical (unpaired) electrons. The molecule has 0 bridgehead atoms. The summed E-state index contributed by atoms with van der Waals surface area (Å²) in [7, 11) is 0. The zero-order valence-corrected chi connectivity index (χ0v) is 12.9. The van der Waals surface area contributed by atoms with E-state index in [2.05, 4.69) is 29.6 Å². The molecule has 0 saturated heterocycles. The van der Waals surface area contributed by atoms with E-state index in [0.717, 1.165) is 16.8 Å². The first-order valence-corrected chi connectivity index (χ1v) is 7.04. The summed E-state index contributed by atoms with van der Waals surface area (Å²) in [6, 6.07) is 7.80. The molecule has 1 heterocycles. The molecule has 1 amide bonds. The minimum atomic E-state index is -0.105. The molecule has 0 spiro atoms. The fourth-order valence-corrected chi connectivity index (χ4v) is 2.15. The van der Waals surface area contributed by atoms with Crippen LogP contribution in [0.15, 0.2) is 28.8 Å². The van der Waals surface area contributed by atoms with Crippen molar-refractivity contribution < 1.29 is 9.32 Å². The molecule has 0 atom stereocenters. The Balaban J connectivity index is 2.02. The van der Waals surface area contributed by atoms with Crippen LogP contribution < -0.4 is 10.6 Å². The van der Waals surface area contributed by atoms with Crippen molar-refractivity contribution >= 4 is 17.4 Å². The molecule has 5 nitrogen and oxygen atoms in total. The molecule has 0 fully saturated rings. The highest BCUT2D eigenvalue weighted by molar-refractivity contribution is 5.95. The van der Waals surface area contributed by atoms with Gasteiger partial charge in [0.25, 0.3) is 0 Å². The summed E-state index contributed by atoms with van der Waals surface area (Å²) in [5.74, 6) is 1.52. The van der Waals surface area contributed by atoms with Crippen molar-refractivity contribution in [1.82, 2.24) is 5.16 Å². The summed E-state index contributed by atoms with van der Waals surface area (Å²) >= 11 is 0. The van der Waals surface area contributed by atoms with Gasteiger partial charge < -0.3 is 15.2 Å². The number of nitrogens with one attached hydrogen (secondary N) is 2. The number of hydrogen-bond donors (Lipinski definition) is 2. The second-order valence-corrected chi connectivity index (χ2v) is 5.42. The fourth-order valence-electron chi connectivity index (χ4n) is 2.15. The van der Waals surface area contributed by atoms with Gasteiger partial charge in [-0.1, -0.05) is 37.2 Å². The molecule has 1 aromatic carbocycles.